The van der Waals surface area contributed by atoms with Gasteiger partial charge in [0.25, 0.3) is 15.9 Å². The lowest BCUT2D eigenvalue weighted by molar-refractivity contribution is -0.137. The van der Waals surface area contributed by atoms with Crippen molar-refractivity contribution in [2.24, 2.45) is 0 Å². The highest BCUT2D eigenvalue weighted by Crippen LogP contribution is 2.32. The molecule has 1 heterocycles. The molecular formula is C25H23F3N2O3S. The molecule has 1 amide bonds. The predicted molar refractivity (Wildman–Crippen MR) is 123 cm³/mol. The van der Waals surface area contributed by atoms with Crippen molar-refractivity contribution in [2.75, 3.05) is 10.8 Å². The first-order valence-corrected chi connectivity index (χ1v) is 12.2. The van der Waals surface area contributed by atoms with Gasteiger partial charge < -0.3 is 5.32 Å². The number of rotatable bonds is 5. The second kappa shape index (κ2) is 9.13. The first-order valence-electron chi connectivity index (χ1n) is 10.8. The van der Waals surface area contributed by atoms with Crippen LogP contribution in [-0.4, -0.2) is 20.9 Å². The number of nitrogens with one attached hydrogen (secondary N) is 1. The minimum absolute atomic E-state index is 0.0617. The van der Waals surface area contributed by atoms with Crippen LogP contribution in [0.2, 0.25) is 0 Å². The van der Waals surface area contributed by atoms with Crippen LogP contribution in [0.3, 0.4) is 0 Å². The van der Waals surface area contributed by atoms with Crippen LogP contribution in [0.4, 0.5) is 18.9 Å². The highest BCUT2D eigenvalue weighted by atomic mass is 32.2. The molecule has 9 heteroatoms. The second-order valence-electron chi connectivity index (χ2n) is 8.15. The maximum Gasteiger partial charge on any atom is 0.416 e. The van der Waals surface area contributed by atoms with Crippen molar-refractivity contribution in [3.05, 3.63) is 95.1 Å². The Hall–Kier alpha value is -3.33. The van der Waals surface area contributed by atoms with Crippen molar-refractivity contribution in [2.45, 2.75) is 36.9 Å². The summed E-state index contributed by atoms with van der Waals surface area (Å²) in [5.74, 6) is -0.517. The Kier molecular flexibility index (Phi) is 6.40. The molecule has 3 aromatic carbocycles. The molecule has 0 aromatic heterocycles. The SMILES string of the molecule is CC(NC(=O)c1ccc(S(=O)(=O)N2CCCc3ccccc32)cc1)c1cccc(C(F)(F)F)c1. The van der Waals surface area contributed by atoms with Crippen molar-refractivity contribution < 1.29 is 26.4 Å². The lowest BCUT2D eigenvalue weighted by Gasteiger charge is -2.30. The van der Waals surface area contributed by atoms with Crippen molar-refractivity contribution in [3.8, 4) is 0 Å². The zero-order valence-corrected chi connectivity index (χ0v) is 19.2. The van der Waals surface area contributed by atoms with E-state index in [2.05, 4.69) is 5.32 Å². The van der Waals surface area contributed by atoms with E-state index in [0.29, 0.717) is 24.2 Å². The molecule has 1 aliphatic heterocycles. The predicted octanol–water partition coefficient (Wildman–Crippen LogP) is 5.34. The minimum atomic E-state index is -4.48. The number of nitrogens with zero attached hydrogens (tertiary/aromatic N) is 1. The van der Waals surface area contributed by atoms with Crippen molar-refractivity contribution in [1.29, 1.82) is 0 Å². The van der Waals surface area contributed by atoms with E-state index < -0.39 is 33.7 Å². The first-order chi connectivity index (χ1) is 16.1. The fraction of sp³-hybridized carbons (Fsp3) is 0.240. The summed E-state index contributed by atoms with van der Waals surface area (Å²) in [6, 6.07) is 17.0. The van der Waals surface area contributed by atoms with E-state index in [1.165, 1.54) is 40.7 Å². The highest BCUT2D eigenvalue weighted by molar-refractivity contribution is 7.92. The van der Waals surface area contributed by atoms with Crippen LogP contribution in [-0.2, 0) is 22.6 Å². The third kappa shape index (κ3) is 4.79. The monoisotopic (exact) mass is 488 g/mol. The zero-order chi connectivity index (χ0) is 24.5. The standard InChI is InChI=1S/C25H23F3N2O3S/c1-17(20-7-4-9-21(16-20)25(26,27)28)29-24(31)19-11-13-22(14-12-19)34(32,33)30-15-5-8-18-6-2-3-10-23(18)30/h2-4,6-7,9-14,16-17H,5,8,15H2,1H3,(H,29,31). The molecule has 1 unspecified atom stereocenters. The van der Waals surface area contributed by atoms with Gasteiger partial charge in [0.1, 0.15) is 0 Å². The second-order valence-corrected chi connectivity index (χ2v) is 10.0. The van der Waals surface area contributed by atoms with Gasteiger partial charge in [0.2, 0.25) is 0 Å². The molecule has 0 saturated heterocycles. The molecule has 0 spiro atoms. The zero-order valence-electron chi connectivity index (χ0n) is 18.3. The maximum absolute atomic E-state index is 13.2. The quantitative estimate of drug-likeness (QED) is 0.527. The fourth-order valence-corrected chi connectivity index (χ4v) is 5.54. The number of hydrogen-bond acceptors (Lipinski definition) is 3. The summed E-state index contributed by atoms with van der Waals surface area (Å²) in [4.78, 5) is 12.7. The molecular weight excluding hydrogens is 465 g/mol. The van der Waals surface area contributed by atoms with E-state index >= 15 is 0 Å². The van der Waals surface area contributed by atoms with Gasteiger partial charge in [0.05, 0.1) is 22.2 Å². The molecule has 1 atom stereocenters. The minimum Gasteiger partial charge on any atom is -0.346 e. The third-order valence-electron chi connectivity index (χ3n) is 5.83. The van der Waals surface area contributed by atoms with Crippen molar-refractivity contribution >= 4 is 21.6 Å². The normalized spacial score (nSPS) is 14.9. The van der Waals surface area contributed by atoms with Gasteiger partial charge in [-0.25, -0.2) is 8.42 Å². The molecule has 1 aliphatic rings. The van der Waals surface area contributed by atoms with Crippen LogP contribution in [0, 0.1) is 0 Å². The fourth-order valence-electron chi connectivity index (χ4n) is 4.00. The van der Waals surface area contributed by atoms with Crippen LogP contribution in [0.5, 0.6) is 0 Å². The van der Waals surface area contributed by atoms with E-state index in [-0.39, 0.29) is 10.5 Å². The van der Waals surface area contributed by atoms with Gasteiger partial charge in [-0.05, 0) is 73.4 Å². The van der Waals surface area contributed by atoms with E-state index in [1.54, 1.807) is 19.1 Å². The van der Waals surface area contributed by atoms with Gasteiger partial charge in [-0.15, -0.1) is 0 Å². The third-order valence-corrected chi connectivity index (χ3v) is 7.66. The molecule has 0 fully saturated rings. The number of benzene rings is 3. The Balaban J connectivity index is 1.50. The number of halogens is 3. The highest BCUT2D eigenvalue weighted by Gasteiger charge is 2.31. The smallest absolute Gasteiger partial charge is 0.346 e. The molecule has 0 bridgehead atoms. The Morgan fingerprint density at radius 1 is 1.00 bits per heavy atom. The molecule has 178 valence electrons. The van der Waals surface area contributed by atoms with E-state index in [0.717, 1.165) is 24.1 Å². The molecule has 34 heavy (non-hydrogen) atoms. The number of aryl methyl sites for hydroxylation is 1. The Morgan fingerprint density at radius 2 is 1.71 bits per heavy atom. The van der Waals surface area contributed by atoms with Gasteiger partial charge in [0, 0.05) is 12.1 Å². The van der Waals surface area contributed by atoms with Gasteiger partial charge in [0.15, 0.2) is 0 Å². The number of anilines is 1. The summed E-state index contributed by atoms with van der Waals surface area (Å²) in [6.07, 6.45) is -2.95. The largest absolute Gasteiger partial charge is 0.416 e. The topological polar surface area (TPSA) is 66.5 Å². The molecule has 0 radical (unpaired) electrons. The molecule has 5 nitrogen and oxygen atoms in total. The average molecular weight is 489 g/mol. The van der Waals surface area contributed by atoms with Crippen LogP contribution in [0.1, 0.15) is 46.4 Å². The average Bonchev–Trinajstić information content (AvgIpc) is 2.83. The molecule has 0 aliphatic carbocycles. The van der Waals surface area contributed by atoms with Gasteiger partial charge in [-0.2, -0.15) is 13.2 Å². The van der Waals surface area contributed by atoms with E-state index in [4.69, 9.17) is 0 Å². The summed E-state index contributed by atoms with van der Waals surface area (Å²) in [6.45, 7) is 1.95. The van der Waals surface area contributed by atoms with Crippen LogP contribution in [0.15, 0.2) is 77.7 Å². The van der Waals surface area contributed by atoms with Gasteiger partial charge in [-0.3, -0.25) is 9.10 Å². The first kappa shape index (κ1) is 23.8. The van der Waals surface area contributed by atoms with Crippen molar-refractivity contribution in [3.63, 3.8) is 0 Å². The summed E-state index contributed by atoms with van der Waals surface area (Å²) in [7, 11) is -3.81. The summed E-state index contributed by atoms with van der Waals surface area (Å²) >= 11 is 0. The number of carbonyl (C=O) groups is 1. The summed E-state index contributed by atoms with van der Waals surface area (Å²) in [5, 5.41) is 2.66. The Bertz CT molecular complexity index is 1310. The van der Waals surface area contributed by atoms with Crippen molar-refractivity contribution in [1.82, 2.24) is 5.32 Å². The number of amides is 1. The lowest BCUT2D eigenvalue weighted by Crippen LogP contribution is -2.35. The summed E-state index contributed by atoms with van der Waals surface area (Å²) in [5.41, 5.74) is 1.35. The molecule has 4 rings (SSSR count). The number of hydrogen-bond donors (Lipinski definition) is 1. The van der Waals surface area contributed by atoms with Crippen LogP contribution < -0.4 is 9.62 Å². The Morgan fingerprint density at radius 3 is 2.41 bits per heavy atom. The molecule has 1 N–H and O–H groups in total. The van der Waals surface area contributed by atoms with Crippen LogP contribution in [0.25, 0.3) is 0 Å². The number of carbonyl (C=O) groups excluding carboxylic acids is 1. The van der Waals surface area contributed by atoms with Gasteiger partial charge in [-0.1, -0.05) is 30.3 Å². The molecule has 0 saturated carbocycles. The maximum atomic E-state index is 13.2. The van der Waals surface area contributed by atoms with E-state index in [1.807, 2.05) is 12.1 Å². The molecule has 3 aromatic rings. The number of sulfonamides is 1. The number of fused-ring (bicyclic) bond motifs is 1. The number of para-hydroxylation sites is 1. The lowest BCUT2D eigenvalue weighted by atomic mass is 10.0. The van der Waals surface area contributed by atoms with Gasteiger partial charge >= 0.3 is 6.18 Å². The van der Waals surface area contributed by atoms with Crippen LogP contribution >= 0.6 is 0 Å². The summed E-state index contributed by atoms with van der Waals surface area (Å²) < 4.78 is 66.8. The number of alkyl halides is 3. The Labute approximate surface area is 196 Å². The van der Waals surface area contributed by atoms with E-state index in [9.17, 15) is 26.4 Å².